The number of nitrogens with zero attached hydrogens (tertiary/aromatic N) is 2. The van der Waals surface area contributed by atoms with Crippen LogP contribution >= 0.6 is 11.8 Å². The molecule has 5 heteroatoms. The average Bonchev–Trinajstić information content (AvgIpc) is 2.29. The predicted octanol–water partition coefficient (Wildman–Crippen LogP) is 2.49. The van der Waals surface area contributed by atoms with Crippen LogP contribution in [0.1, 0.15) is 5.56 Å². The van der Waals surface area contributed by atoms with E-state index in [4.69, 9.17) is 5.73 Å². The molecule has 16 heavy (non-hydrogen) atoms. The molecular formula is C11H10FN3S. The number of thioether (sulfide) groups is 1. The number of rotatable bonds is 3. The van der Waals surface area contributed by atoms with E-state index < -0.39 is 0 Å². The fraction of sp³-hybridized carbons (Fsp3) is 0.0909. The summed E-state index contributed by atoms with van der Waals surface area (Å²) >= 11 is 1.46. The fourth-order valence-electron chi connectivity index (χ4n) is 1.20. The highest BCUT2D eigenvalue weighted by Crippen LogP contribution is 2.22. The Balaban J connectivity index is 2.05. The van der Waals surface area contributed by atoms with Crippen LogP contribution in [0.4, 0.5) is 10.1 Å². The molecule has 0 radical (unpaired) electrons. The first-order valence-corrected chi connectivity index (χ1v) is 5.67. The molecule has 0 atom stereocenters. The second-order valence-corrected chi connectivity index (χ2v) is 4.18. The maximum atomic E-state index is 13.4. The zero-order chi connectivity index (χ0) is 11.4. The molecule has 0 amide bonds. The van der Waals surface area contributed by atoms with Gasteiger partial charge >= 0.3 is 0 Å². The van der Waals surface area contributed by atoms with E-state index in [2.05, 4.69) is 9.97 Å². The fourth-order valence-corrected chi connectivity index (χ4v) is 2.01. The van der Waals surface area contributed by atoms with Crippen molar-refractivity contribution < 1.29 is 4.39 Å². The summed E-state index contributed by atoms with van der Waals surface area (Å²) < 4.78 is 13.4. The molecule has 0 bridgehead atoms. The average molecular weight is 235 g/mol. The molecule has 0 fully saturated rings. The van der Waals surface area contributed by atoms with Gasteiger partial charge in [0, 0.05) is 17.6 Å². The van der Waals surface area contributed by atoms with E-state index in [9.17, 15) is 4.39 Å². The van der Waals surface area contributed by atoms with Gasteiger partial charge in [-0.25, -0.2) is 14.4 Å². The van der Waals surface area contributed by atoms with Crippen molar-refractivity contribution in [2.45, 2.75) is 10.8 Å². The standard InChI is InChI=1S/C11H10FN3S/c12-10-5-9(13)2-1-8(10)6-16-11-3-4-14-7-15-11/h1-5,7H,6,13H2. The molecule has 3 nitrogen and oxygen atoms in total. The minimum absolute atomic E-state index is 0.276. The highest BCUT2D eigenvalue weighted by molar-refractivity contribution is 7.98. The molecule has 1 aromatic carbocycles. The summed E-state index contributed by atoms with van der Waals surface area (Å²) in [6, 6.07) is 6.51. The lowest BCUT2D eigenvalue weighted by Gasteiger charge is -2.03. The number of halogens is 1. The van der Waals surface area contributed by atoms with Crippen LogP contribution in [0, 0.1) is 5.82 Å². The van der Waals surface area contributed by atoms with E-state index in [1.165, 1.54) is 24.2 Å². The summed E-state index contributed by atoms with van der Waals surface area (Å²) in [5.41, 5.74) is 6.53. The first-order chi connectivity index (χ1) is 7.75. The Bertz CT molecular complexity index is 476. The van der Waals surface area contributed by atoms with Crippen molar-refractivity contribution in [3.63, 3.8) is 0 Å². The third-order valence-electron chi connectivity index (χ3n) is 2.01. The van der Waals surface area contributed by atoms with E-state index in [0.29, 0.717) is 17.0 Å². The molecule has 0 aliphatic heterocycles. The van der Waals surface area contributed by atoms with Gasteiger partial charge in [-0.2, -0.15) is 0 Å². The third-order valence-corrected chi connectivity index (χ3v) is 3.00. The van der Waals surface area contributed by atoms with Crippen LogP contribution in [-0.4, -0.2) is 9.97 Å². The molecule has 1 heterocycles. The first-order valence-electron chi connectivity index (χ1n) is 4.68. The van der Waals surface area contributed by atoms with E-state index in [0.717, 1.165) is 5.03 Å². The van der Waals surface area contributed by atoms with Gasteiger partial charge in [0.25, 0.3) is 0 Å². The Labute approximate surface area is 96.9 Å². The van der Waals surface area contributed by atoms with Crippen molar-refractivity contribution in [1.29, 1.82) is 0 Å². The van der Waals surface area contributed by atoms with Gasteiger partial charge in [0.2, 0.25) is 0 Å². The molecule has 82 valence electrons. The SMILES string of the molecule is Nc1ccc(CSc2ccncn2)c(F)c1. The number of anilines is 1. The molecule has 2 rings (SSSR count). The van der Waals surface area contributed by atoms with Crippen molar-refractivity contribution in [2.75, 3.05) is 5.73 Å². The lowest BCUT2D eigenvalue weighted by atomic mass is 10.2. The Morgan fingerprint density at radius 2 is 2.19 bits per heavy atom. The van der Waals surface area contributed by atoms with Crippen LogP contribution < -0.4 is 5.73 Å². The smallest absolute Gasteiger partial charge is 0.129 e. The summed E-state index contributed by atoms with van der Waals surface area (Å²) in [5.74, 6) is 0.255. The zero-order valence-electron chi connectivity index (χ0n) is 8.43. The van der Waals surface area contributed by atoms with Crippen LogP contribution in [0.2, 0.25) is 0 Å². The van der Waals surface area contributed by atoms with Gasteiger partial charge in [-0.3, -0.25) is 0 Å². The van der Waals surface area contributed by atoms with Crippen molar-refractivity contribution in [2.24, 2.45) is 0 Å². The van der Waals surface area contributed by atoms with Crippen LogP contribution in [0.25, 0.3) is 0 Å². The minimum Gasteiger partial charge on any atom is -0.399 e. The number of benzene rings is 1. The number of hydrogen-bond donors (Lipinski definition) is 1. The van der Waals surface area contributed by atoms with Gasteiger partial charge in [-0.1, -0.05) is 6.07 Å². The number of hydrogen-bond acceptors (Lipinski definition) is 4. The number of nitrogens with two attached hydrogens (primary N) is 1. The Hall–Kier alpha value is -1.62. The largest absolute Gasteiger partial charge is 0.399 e. The topological polar surface area (TPSA) is 51.8 Å². The Morgan fingerprint density at radius 1 is 1.31 bits per heavy atom. The van der Waals surface area contributed by atoms with Gasteiger partial charge in [-0.15, -0.1) is 11.8 Å². The third kappa shape index (κ3) is 2.70. The first kappa shape index (κ1) is 10.9. The number of nitrogen functional groups attached to an aromatic ring is 1. The summed E-state index contributed by atoms with van der Waals surface area (Å²) in [5, 5.41) is 0.825. The minimum atomic E-state index is -0.276. The molecule has 2 N–H and O–H groups in total. The van der Waals surface area contributed by atoms with E-state index in [1.54, 1.807) is 24.4 Å². The maximum Gasteiger partial charge on any atom is 0.129 e. The van der Waals surface area contributed by atoms with Crippen molar-refractivity contribution in [3.8, 4) is 0 Å². The number of aromatic nitrogens is 2. The molecule has 0 saturated heterocycles. The maximum absolute atomic E-state index is 13.4. The van der Waals surface area contributed by atoms with Crippen molar-refractivity contribution in [1.82, 2.24) is 9.97 Å². The van der Waals surface area contributed by atoms with Crippen LogP contribution in [0.15, 0.2) is 41.8 Å². The molecule has 2 aromatic rings. The van der Waals surface area contributed by atoms with Crippen LogP contribution in [0.3, 0.4) is 0 Å². The molecule has 0 spiro atoms. The molecule has 0 aliphatic carbocycles. The monoisotopic (exact) mass is 235 g/mol. The summed E-state index contributed by atoms with van der Waals surface area (Å²) in [6.07, 6.45) is 3.14. The van der Waals surface area contributed by atoms with Crippen molar-refractivity contribution in [3.05, 3.63) is 48.2 Å². The molecule has 1 aromatic heterocycles. The van der Waals surface area contributed by atoms with Crippen LogP contribution in [-0.2, 0) is 5.75 Å². The molecular weight excluding hydrogens is 225 g/mol. The van der Waals surface area contributed by atoms with Gasteiger partial charge in [-0.05, 0) is 23.8 Å². The van der Waals surface area contributed by atoms with Gasteiger partial charge in [0.15, 0.2) is 0 Å². The second kappa shape index (κ2) is 4.94. The predicted molar refractivity (Wildman–Crippen MR) is 62.4 cm³/mol. The van der Waals surface area contributed by atoms with Crippen molar-refractivity contribution >= 4 is 17.4 Å². The molecule has 0 unspecified atom stereocenters. The Kier molecular flexibility index (Phi) is 3.36. The van der Waals surface area contributed by atoms with Gasteiger partial charge < -0.3 is 5.73 Å². The highest BCUT2D eigenvalue weighted by atomic mass is 32.2. The summed E-state index contributed by atoms with van der Waals surface area (Å²) in [4.78, 5) is 7.86. The second-order valence-electron chi connectivity index (χ2n) is 3.19. The normalized spacial score (nSPS) is 10.3. The highest BCUT2D eigenvalue weighted by Gasteiger charge is 2.03. The lowest BCUT2D eigenvalue weighted by Crippen LogP contribution is -1.92. The van der Waals surface area contributed by atoms with Crippen LogP contribution in [0.5, 0.6) is 0 Å². The zero-order valence-corrected chi connectivity index (χ0v) is 9.25. The Morgan fingerprint density at radius 3 is 2.88 bits per heavy atom. The van der Waals surface area contributed by atoms with Gasteiger partial charge in [0.05, 0.1) is 5.03 Å². The van der Waals surface area contributed by atoms with E-state index in [-0.39, 0.29) is 5.82 Å². The van der Waals surface area contributed by atoms with Gasteiger partial charge in [0.1, 0.15) is 12.1 Å². The molecule has 0 aliphatic rings. The van der Waals surface area contributed by atoms with E-state index >= 15 is 0 Å². The summed E-state index contributed by atoms with van der Waals surface area (Å²) in [7, 11) is 0. The summed E-state index contributed by atoms with van der Waals surface area (Å²) in [6.45, 7) is 0. The van der Waals surface area contributed by atoms with E-state index in [1.807, 2.05) is 0 Å². The quantitative estimate of drug-likeness (QED) is 0.504. The lowest BCUT2D eigenvalue weighted by molar-refractivity contribution is 0.618. The molecule has 0 saturated carbocycles.